The molecule has 2 atom stereocenters. The van der Waals surface area contributed by atoms with E-state index in [0.717, 1.165) is 16.7 Å². The zero-order valence-electron chi connectivity index (χ0n) is 19.1. The van der Waals surface area contributed by atoms with Gasteiger partial charge in [-0.05, 0) is 48.2 Å². The topological polar surface area (TPSA) is 67.9 Å². The third-order valence-corrected chi connectivity index (χ3v) is 6.11. The first-order valence-electron chi connectivity index (χ1n) is 11.0. The summed E-state index contributed by atoms with van der Waals surface area (Å²) in [6.45, 7) is 2.40. The number of rotatable bonds is 8. The van der Waals surface area contributed by atoms with Crippen molar-refractivity contribution < 1.29 is 19.1 Å². The largest absolute Gasteiger partial charge is 0.493 e. The fourth-order valence-corrected chi connectivity index (χ4v) is 4.36. The molecule has 3 aromatic carbocycles. The highest BCUT2D eigenvalue weighted by Crippen LogP contribution is 2.39. The van der Waals surface area contributed by atoms with Gasteiger partial charge in [-0.1, -0.05) is 54.6 Å². The molecule has 1 aliphatic rings. The minimum absolute atomic E-state index is 0.123. The van der Waals surface area contributed by atoms with Gasteiger partial charge in [0.25, 0.3) is 5.91 Å². The highest BCUT2D eigenvalue weighted by Gasteiger charge is 2.43. The van der Waals surface area contributed by atoms with Gasteiger partial charge in [-0.3, -0.25) is 9.59 Å². The molecule has 0 aromatic heterocycles. The van der Waals surface area contributed by atoms with Crippen molar-refractivity contribution in [3.05, 3.63) is 95.1 Å². The zero-order valence-corrected chi connectivity index (χ0v) is 19.1. The number of hydrogen-bond acceptors (Lipinski definition) is 4. The zero-order chi connectivity index (χ0) is 23.4. The summed E-state index contributed by atoms with van der Waals surface area (Å²) < 4.78 is 10.6. The van der Waals surface area contributed by atoms with Gasteiger partial charge in [-0.15, -0.1) is 0 Å². The van der Waals surface area contributed by atoms with E-state index in [1.54, 1.807) is 25.2 Å². The molecule has 6 heteroatoms. The van der Waals surface area contributed by atoms with Crippen LogP contribution >= 0.6 is 0 Å². The molecule has 33 heavy (non-hydrogen) atoms. The van der Waals surface area contributed by atoms with Gasteiger partial charge in [0.05, 0.1) is 20.3 Å². The Morgan fingerprint density at radius 3 is 2.39 bits per heavy atom. The third-order valence-electron chi connectivity index (χ3n) is 6.11. The molecular weight excluding hydrogens is 416 g/mol. The number of methoxy groups -OCH3 is 2. The third kappa shape index (κ3) is 4.42. The summed E-state index contributed by atoms with van der Waals surface area (Å²) in [6.07, 6.45) is 0.628. The number of benzene rings is 3. The number of fused-ring (bicyclic) bond motifs is 1. The molecule has 0 saturated heterocycles. The smallest absolute Gasteiger partial charge is 0.255 e. The molecule has 170 valence electrons. The Morgan fingerprint density at radius 1 is 0.970 bits per heavy atom. The van der Waals surface area contributed by atoms with Gasteiger partial charge in [0.15, 0.2) is 11.5 Å². The maximum absolute atomic E-state index is 13.4. The molecule has 0 spiro atoms. The summed E-state index contributed by atoms with van der Waals surface area (Å²) in [6, 6.07) is 21.9. The second-order valence-corrected chi connectivity index (χ2v) is 8.02. The average molecular weight is 445 g/mol. The van der Waals surface area contributed by atoms with Crippen molar-refractivity contribution in [2.75, 3.05) is 20.8 Å². The molecule has 0 unspecified atom stereocenters. The van der Waals surface area contributed by atoms with E-state index in [9.17, 15) is 9.59 Å². The number of nitrogens with one attached hydrogen (secondary N) is 1. The first-order valence-corrected chi connectivity index (χ1v) is 11.0. The van der Waals surface area contributed by atoms with E-state index >= 15 is 0 Å². The van der Waals surface area contributed by atoms with E-state index in [2.05, 4.69) is 5.32 Å². The summed E-state index contributed by atoms with van der Waals surface area (Å²) in [5.41, 5.74) is 3.33. The minimum Gasteiger partial charge on any atom is -0.493 e. The second-order valence-electron chi connectivity index (χ2n) is 8.02. The lowest BCUT2D eigenvalue weighted by molar-refractivity contribution is -0.126. The standard InChI is InChI=1S/C27H28N2O4/c1-18(20-9-5-4-6-10-20)29-25(21-11-7-8-12-22(21)27(29)31)26(30)28-16-15-19-13-14-23(32-2)24(17-19)33-3/h4-14,17-18,25H,15-16H2,1-3H3,(H,28,30)/t18-,25+/m0/s1. The molecule has 2 amide bonds. The SMILES string of the molecule is COc1ccc(CCNC(=O)[C@H]2c3ccccc3C(=O)N2[C@@H](C)c2ccccc2)cc1OC. The Balaban J connectivity index is 1.52. The molecule has 6 nitrogen and oxygen atoms in total. The summed E-state index contributed by atoms with van der Waals surface area (Å²) in [4.78, 5) is 28.3. The molecule has 4 rings (SSSR count). The van der Waals surface area contributed by atoms with Crippen LogP contribution in [0.3, 0.4) is 0 Å². The van der Waals surface area contributed by atoms with Crippen LogP contribution in [0.25, 0.3) is 0 Å². The molecule has 1 aliphatic heterocycles. The average Bonchev–Trinajstić information content (AvgIpc) is 3.16. The van der Waals surface area contributed by atoms with E-state index < -0.39 is 6.04 Å². The maximum Gasteiger partial charge on any atom is 0.255 e. The highest BCUT2D eigenvalue weighted by molar-refractivity contribution is 6.04. The van der Waals surface area contributed by atoms with Gasteiger partial charge in [-0.25, -0.2) is 0 Å². The van der Waals surface area contributed by atoms with E-state index in [4.69, 9.17) is 9.47 Å². The van der Waals surface area contributed by atoms with Gasteiger partial charge >= 0.3 is 0 Å². The molecular formula is C27H28N2O4. The van der Waals surface area contributed by atoms with E-state index in [1.807, 2.05) is 73.7 Å². The van der Waals surface area contributed by atoms with Crippen molar-refractivity contribution in [2.45, 2.75) is 25.4 Å². The van der Waals surface area contributed by atoms with Gasteiger partial charge in [0, 0.05) is 12.1 Å². The van der Waals surface area contributed by atoms with E-state index in [1.165, 1.54) is 0 Å². The lowest BCUT2D eigenvalue weighted by Gasteiger charge is -2.31. The number of carbonyl (C=O) groups is 2. The van der Waals surface area contributed by atoms with Crippen LogP contribution in [0, 0.1) is 0 Å². The van der Waals surface area contributed by atoms with E-state index in [0.29, 0.717) is 30.0 Å². The minimum atomic E-state index is -0.672. The first-order chi connectivity index (χ1) is 16.0. The van der Waals surface area contributed by atoms with Crippen molar-refractivity contribution in [1.82, 2.24) is 10.2 Å². The molecule has 0 aliphatic carbocycles. The van der Waals surface area contributed by atoms with Crippen LogP contribution in [0.5, 0.6) is 11.5 Å². The van der Waals surface area contributed by atoms with Crippen LogP contribution in [-0.2, 0) is 11.2 Å². The molecule has 0 radical (unpaired) electrons. The van der Waals surface area contributed by atoms with Crippen molar-refractivity contribution in [1.29, 1.82) is 0 Å². The lowest BCUT2D eigenvalue weighted by Crippen LogP contribution is -2.41. The predicted molar refractivity (Wildman–Crippen MR) is 126 cm³/mol. The fourth-order valence-electron chi connectivity index (χ4n) is 4.36. The lowest BCUT2D eigenvalue weighted by atomic mass is 10.0. The Kier molecular flexibility index (Phi) is 6.63. The Morgan fingerprint density at radius 2 is 1.67 bits per heavy atom. The summed E-state index contributed by atoms with van der Waals surface area (Å²) in [7, 11) is 3.20. The first kappa shape index (κ1) is 22.4. The quantitative estimate of drug-likeness (QED) is 0.562. The van der Waals surface area contributed by atoms with Crippen molar-refractivity contribution in [3.63, 3.8) is 0 Å². The Hall–Kier alpha value is -3.80. The van der Waals surface area contributed by atoms with Crippen molar-refractivity contribution in [3.8, 4) is 11.5 Å². The van der Waals surface area contributed by atoms with Crippen LogP contribution in [0.4, 0.5) is 0 Å². The van der Waals surface area contributed by atoms with Gasteiger partial charge in [0.2, 0.25) is 5.91 Å². The van der Waals surface area contributed by atoms with Crippen LogP contribution in [-0.4, -0.2) is 37.5 Å². The maximum atomic E-state index is 13.4. The summed E-state index contributed by atoms with van der Waals surface area (Å²) in [5, 5.41) is 3.03. The van der Waals surface area contributed by atoms with Gasteiger partial charge < -0.3 is 19.7 Å². The number of carbonyl (C=O) groups excluding carboxylic acids is 2. The predicted octanol–water partition coefficient (Wildman–Crippen LogP) is 4.32. The fraction of sp³-hybridized carbons (Fsp3) is 0.259. The van der Waals surface area contributed by atoms with Crippen LogP contribution in [0.2, 0.25) is 0 Å². The summed E-state index contributed by atoms with van der Waals surface area (Å²) >= 11 is 0. The monoisotopic (exact) mass is 444 g/mol. The van der Waals surface area contributed by atoms with Crippen molar-refractivity contribution in [2.24, 2.45) is 0 Å². The number of ether oxygens (including phenoxy) is 2. The number of amides is 2. The van der Waals surface area contributed by atoms with Gasteiger partial charge in [-0.2, -0.15) is 0 Å². The molecule has 0 saturated carbocycles. The summed E-state index contributed by atoms with van der Waals surface area (Å²) in [5.74, 6) is 1.01. The van der Waals surface area contributed by atoms with Crippen molar-refractivity contribution >= 4 is 11.8 Å². The normalized spacial score (nSPS) is 15.7. The molecule has 1 heterocycles. The molecule has 0 bridgehead atoms. The highest BCUT2D eigenvalue weighted by atomic mass is 16.5. The van der Waals surface area contributed by atoms with Crippen LogP contribution in [0.1, 0.15) is 46.1 Å². The molecule has 3 aromatic rings. The van der Waals surface area contributed by atoms with E-state index in [-0.39, 0.29) is 17.9 Å². The number of hydrogen-bond donors (Lipinski definition) is 1. The van der Waals surface area contributed by atoms with Crippen LogP contribution < -0.4 is 14.8 Å². The number of nitrogens with zero attached hydrogens (tertiary/aromatic N) is 1. The second kappa shape index (κ2) is 9.77. The van der Waals surface area contributed by atoms with Crippen LogP contribution in [0.15, 0.2) is 72.8 Å². The Labute approximate surface area is 194 Å². The molecule has 1 N–H and O–H groups in total. The molecule has 0 fully saturated rings. The Bertz CT molecular complexity index is 1150. The van der Waals surface area contributed by atoms with Gasteiger partial charge in [0.1, 0.15) is 6.04 Å².